The largest absolute Gasteiger partial charge is 0.326 e. The summed E-state index contributed by atoms with van der Waals surface area (Å²) in [6, 6.07) is 15.2. The second-order valence-corrected chi connectivity index (χ2v) is 7.39. The van der Waals surface area contributed by atoms with E-state index in [-0.39, 0.29) is 11.8 Å². The van der Waals surface area contributed by atoms with Gasteiger partial charge in [-0.25, -0.2) is 4.98 Å². The number of rotatable bonds is 5. The molecule has 0 unspecified atom stereocenters. The van der Waals surface area contributed by atoms with Crippen molar-refractivity contribution < 1.29 is 9.59 Å². The maximum Gasteiger partial charge on any atom is 0.275 e. The van der Waals surface area contributed by atoms with Crippen molar-refractivity contribution in [2.24, 2.45) is 0 Å². The molecule has 3 rings (SSSR count). The second-order valence-electron chi connectivity index (χ2n) is 6.19. The Morgan fingerprint density at radius 3 is 2.44 bits per heavy atom. The molecular formula is C21H21N3O2S. The Labute approximate surface area is 162 Å². The zero-order valence-corrected chi connectivity index (χ0v) is 16.3. The molecule has 0 bridgehead atoms. The van der Waals surface area contributed by atoms with Gasteiger partial charge in [0.15, 0.2) is 0 Å². The predicted octanol–water partition coefficient (Wildman–Crippen LogP) is 4.89. The van der Waals surface area contributed by atoms with E-state index in [1.165, 1.54) is 23.8 Å². The third-order valence-electron chi connectivity index (χ3n) is 4.06. The number of nitrogens with zero attached hydrogens (tertiary/aromatic N) is 1. The van der Waals surface area contributed by atoms with Crippen LogP contribution in [-0.4, -0.2) is 16.8 Å². The molecule has 0 aliphatic carbocycles. The highest BCUT2D eigenvalue weighted by Crippen LogP contribution is 2.29. The molecule has 0 saturated carbocycles. The van der Waals surface area contributed by atoms with Crippen LogP contribution in [0.3, 0.4) is 0 Å². The molecule has 0 fully saturated rings. The maximum atomic E-state index is 12.6. The second kappa shape index (κ2) is 8.14. The van der Waals surface area contributed by atoms with Crippen LogP contribution in [0, 0.1) is 6.92 Å². The van der Waals surface area contributed by atoms with E-state index in [0.717, 1.165) is 27.6 Å². The molecule has 138 valence electrons. The fourth-order valence-electron chi connectivity index (χ4n) is 2.68. The van der Waals surface area contributed by atoms with Crippen molar-refractivity contribution in [3.8, 4) is 10.6 Å². The third-order valence-corrected chi connectivity index (χ3v) is 5.08. The minimum Gasteiger partial charge on any atom is -0.326 e. The van der Waals surface area contributed by atoms with Gasteiger partial charge in [0.05, 0.1) is 0 Å². The number of hydrogen-bond donors (Lipinski definition) is 2. The summed E-state index contributed by atoms with van der Waals surface area (Å²) in [5.74, 6) is -0.353. The number of anilines is 2. The van der Waals surface area contributed by atoms with Crippen LogP contribution in [0.4, 0.5) is 11.4 Å². The van der Waals surface area contributed by atoms with E-state index in [4.69, 9.17) is 0 Å². The van der Waals surface area contributed by atoms with Crippen LogP contribution in [0.2, 0.25) is 0 Å². The molecule has 6 heteroatoms. The number of aryl methyl sites for hydroxylation is 2. The van der Waals surface area contributed by atoms with E-state index < -0.39 is 0 Å². The molecule has 2 N–H and O–H groups in total. The number of hydrogen-bond acceptors (Lipinski definition) is 4. The SMILES string of the molecule is CCc1ccc(NC(=O)c2nc(-c3cccc(NC(C)=O)c3)sc2C)cc1. The minimum absolute atomic E-state index is 0.128. The summed E-state index contributed by atoms with van der Waals surface area (Å²) >= 11 is 1.46. The van der Waals surface area contributed by atoms with Gasteiger partial charge in [0, 0.05) is 28.7 Å². The molecular weight excluding hydrogens is 358 g/mol. The number of thiazole rings is 1. The summed E-state index contributed by atoms with van der Waals surface area (Å²) in [6.45, 7) is 5.44. The fraction of sp³-hybridized carbons (Fsp3) is 0.190. The van der Waals surface area contributed by atoms with Crippen molar-refractivity contribution in [3.63, 3.8) is 0 Å². The lowest BCUT2D eigenvalue weighted by atomic mass is 10.1. The Morgan fingerprint density at radius 2 is 1.78 bits per heavy atom. The first-order chi connectivity index (χ1) is 13.0. The van der Waals surface area contributed by atoms with Crippen LogP contribution in [0.25, 0.3) is 10.6 Å². The Balaban J connectivity index is 1.81. The number of carbonyl (C=O) groups is 2. The van der Waals surface area contributed by atoms with Crippen molar-refractivity contribution in [1.82, 2.24) is 4.98 Å². The van der Waals surface area contributed by atoms with Crippen molar-refractivity contribution in [2.75, 3.05) is 10.6 Å². The molecule has 0 atom stereocenters. The van der Waals surface area contributed by atoms with Gasteiger partial charge in [0.2, 0.25) is 5.91 Å². The lowest BCUT2D eigenvalue weighted by Crippen LogP contribution is -2.13. The van der Waals surface area contributed by atoms with Gasteiger partial charge in [-0.1, -0.05) is 31.2 Å². The molecule has 0 aliphatic rings. The third kappa shape index (κ3) is 4.60. The lowest BCUT2D eigenvalue weighted by molar-refractivity contribution is -0.114. The highest BCUT2D eigenvalue weighted by molar-refractivity contribution is 7.15. The molecule has 1 heterocycles. The number of carbonyl (C=O) groups excluding carboxylic acids is 2. The van der Waals surface area contributed by atoms with Crippen LogP contribution in [0.15, 0.2) is 48.5 Å². The van der Waals surface area contributed by atoms with Gasteiger partial charge in [-0.15, -0.1) is 11.3 Å². The molecule has 3 aromatic rings. The van der Waals surface area contributed by atoms with Crippen LogP contribution < -0.4 is 10.6 Å². The van der Waals surface area contributed by atoms with Gasteiger partial charge in [-0.3, -0.25) is 9.59 Å². The molecule has 2 amide bonds. The van der Waals surface area contributed by atoms with Crippen molar-refractivity contribution in [1.29, 1.82) is 0 Å². The molecule has 27 heavy (non-hydrogen) atoms. The molecule has 0 aliphatic heterocycles. The van der Waals surface area contributed by atoms with Gasteiger partial charge in [0.1, 0.15) is 10.7 Å². The summed E-state index contributed by atoms with van der Waals surface area (Å²) in [4.78, 5) is 29.2. The van der Waals surface area contributed by atoms with E-state index in [1.54, 1.807) is 0 Å². The zero-order valence-electron chi connectivity index (χ0n) is 15.5. The fourth-order valence-corrected chi connectivity index (χ4v) is 3.58. The number of benzene rings is 2. The van der Waals surface area contributed by atoms with E-state index in [2.05, 4.69) is 22.5 Å². The smallest absolute Gasteiger partial charge is 0.275 e. The molecule has 2 aromatic carbocycles. The van der Waals surface area contributed by atoms with Crippen LogP contribution in [-0.2, 0) is 11.2 Å². The summed E-state index contributed by atoms with van der Waals surface area (Å²) in [7, 11) is 0. The molecule has 1 aromatic heterocycles. The summed E-state index contributed by atoms with van der Waals surface area (Å²) < 4.78 is 0. The minimum atomic E-state index is -0.225. The maximum absolute atomic E-state index is 12.6. The lowest BCUT2D eigenvalue weighted by Gasteiger charge is -2.05. The average Bonchev–Trinajstić information content (AvgIpc) is 3.04. The van der Waals surface area contributed by atoms with Crippen molar-refractivity contribution in [2.45, 2.75) is 27.2 Å². The molecule has 0 saturated heterocycles. The molecule has 0 spiro atoms. The van der Waals surface area contributed by atoms with E-state index in [9.17, 15) is 9.59 Å². The van der Waals surface area contributed by atoms with Gasteiger partial charge in [-0.2, -0.15) is 0 Å². The Bertz CT molecular complexity index is 977. The van der Waals surface area contributed by atoms with E-state index in [0.29, 0.717) is 11.4 Å². The van der Waals surface area contributed by atoms with Crippen LogP contribution in [0.1, 0.15) is 34.8 Å². The predicted molar refractivity (Wildman–Crippen MR) is 110 cm³/mol. The van der Waals surface area contributed by atoms with Crippen LogP contribution in [0.5, 0.6) is 0 Å². The van der Waals surface area contributed by atoms with Crippen molar-refractivity contribution >= 4 is 34.5 Å². The Kier molecular flexibility index (Phi) is 5.66. The van der Waals surface area contributed by atoms with Gasteiger partial charge < -0.3 is 10.6 Å². The summed E-state index contributed by atoms with van der Waals surface area (Å²) in [5, 5.41) is 6.40. The first-order valence-electron chi connectivity index (χ1n) is 8.72. The van der Waals surface area contributed by atoms with Gasteiger partial charge in [0.25, 0.3) is 5.91 Å². The van der Waals surface area contributed by atoms with E-state index >= 15 is 0 Å². The number of nitrogens with one attached hydrogen (secondary N) is 2. The number of amides is 2. The van der Waals surface area contributed by atoms with Crippen LogP contribution >= 0.6 is 11.3 Å². The standard InChI is InChI=1S/C21H21N3O2S/c1-4-15-8-10-17(11-9-15)23-20(26)19-13(2)27-21(24-19)16-6-5-7-18(12-16)22-14(3)25/h5-12H,4H2,1-3H3,(H,22,25)(H,23,26). The summed E-state index contributed by atoms with van der Waals surface area (Å²) in [6.07, 6.45) is 0.959. The highest BCUT2D eigenvalue weighted by atomic mass is 32.1. The Morgan fingerprint density at radius 1 is 1.04 bits per heavy atom. The highest BCUT2D eigenvalue weighted by Gasteiger charge is 2.17. The first kappa shape index (κ1) is 18.8. The average molecular weight is 379 g/mol. The summed E-state index contributed by atoms with van der Waals surface area (Å²) in [5.41, 5.74) is 3.95. The van der Waals surface area contributed by atoms with Gasteiger partial charge in [-0.05, 0) is 43.2 Å². The quantitative estimate of drug-likeness (QED) is 0.663. The Hall–Kier alpha value is -2.99. The van der Waals surface area contributed by atoms with E-state index in [1.807, 2.05) is 55.5 Å². The van der Waals surface area contributed by atoms with Crippen molar-refractivity contribution in [3.05, 3.63) is 64.7 Å². The normalized spacial score (nSPS) is 10.5. The van der Waals surface area contributed by atoms with Gasteiger partial charge >= 0.3 is 0 Å². The monoisotopic (exact) mass is 379 g/mol. The molecule has 5 nitrogen and oxygen atoms in total. The first-order valence-corrected chi connectivity index (χ1v) is 9.53. The topological polar surface area (TPSA) is 71.1 Å². The number of aromatic nitrogens is 1. The zero-order chi connectivity index (χ0) is 19.4. The molecule has 0 radical (unpaired) electrons.